The van der Waals surface area contributed by atoms with Crippen LogP contribution in [0.4, 0.5) is 0 Å². The van der Waals surface area contributed by atoms with Gasteiger partial charge in [0.1, 0.15) is 5.75 Å². The van der Waals surface area contributed by atoms with Crippen LogP contribution in [0.5, 0.6) is 5.75 Å². The molecule has 0 amide bonds. The highest BCUT2D eigenvalue weighted by Gasteiger charge is 2.25. The first-order chi connectivity index (χ1) is 13.1. The van der Waals surface area contributed by atoms with Crippen molar-refractivity contribution in [1.82, 2.24) is 0 Å². The summed E-state index contributed by atoms with van der Waals surface area (Å²) in [4.78, 5) is 0. The first-order valence-electron chi connectivity index (χ1n) is 11.2. The van der Waals surface area contributed by atoms with E-state index in [0.717, 1.165) is 20.8 Å². The van der Waals surface area contributed by atoms with Crippen molar-refractivity contribution in [2.24, 2.45) is 10.8 Å². The monoisotopic (exact) mass is 406 g/mol. The molecule has 0 radical (unpaired) electrons. The maximum absolute atomic E-state index is 6.42. The molecular weight excluding hydrogens is 363 g/mol. The fraction of sp³-hybridized carbons (Fsp3) is 0.760. The molecule has 1 aliphatic rings. The SMILES string of the molecule is CPC(CC(C)(C)C)c1ccc(OC(CC(C)(C)C)OC2CCCCC2)cc1. The second-order valence-electron chi connectivity index (χ2n) is 10.9. The Labute approximate surface area is 176 Å². The standard InChI is InChI=1S/C25H43O2P/c1-24(2,3)17-22(28-7)19-13-15-21(16-14-19)27-23(18-25(4,5)6)26-20-11-9-8-10-12-20/h13-16,20,22-23,28H,8-12,17-18H2,1-7H3. The van der Waals surface area contributed by atoms with Crippen molar-refractivity contribution < 1.29 is 9.47 Å². The summed E-state index contributed by atoms with van der Waals surface area (Å²) in [5.41, 5.74) is 2.61. The highest BCUT2D eigenvalue weighted by Crippen LogP contribution is 2.41. The summed E-state index contributed by atoms with van der Waals surface area (Å²) < 4.78 is 12.8. The average Bonchev–Trinajstić information content (AvgIpc) is 2.59. The molecule has 0 aromatic heterocycles. The zero-order valence-electron chi connectivity index (χ0n) is 19.3. The molecule has 1 fully saturated rings. The smallest absolute Gasteiger partial charge is 0.200 e. The minimum Gasteiger partial charge on any atom is -0.465 e. The van der Waals surface area contributed by atoms with Crippen LogP contribution < -0.4 is 4.74 Å². The summed E-state index contributed by atoms with van der Waals surface area (Å²) >= 11 is 0. The lowest BCUT2D eigenvalue weighted by Gasteiger charge is -2.31. The van der Waals surface area contributed by atoms with Crippen LogP contribution in [0.3, 0.4) is 0 Å². The van der Waals surface area contributed by atoms with E-state index in [1.54, 1.807) is 0 Å². The van der Waals surface area contributed by atoms with Gasteiger partial charge in [0.25, 0.3) is 0 Å². The van der Waals surface area contributed by atoms with Crippen molar-refractivity contribution in [3.8, 4) is 5.75 Å². The molecular formula is C25H43O2P. The molecule has 3 unspecified atom stereocenters. The molecule has 1 aromatic carbocycles. The van der Waals surface area contributed by atoms with Crippen LogP contribution in [-0.2, 0) is 4.74 Å². The van der Waals surface area contributed by atoms with Crippen LogP contribution in [0.15, 0.2) is 24.3 Å². The molecule has 0 N–H and O–H groups in total. The zero-order valence-corrected chi connectivity index (χ0v) is 20.3. The zero-order chi connectivity index (χ0) is 20.8. The molecule has 0 bridgehead atoms. The van der Waals surface area contributed by atoms with E-state index in [1.807, 2.05) is 0 Å². The van der Waals surface area contributed by atoms with E-state index in [1.165, 1.54) is 44.1 Å². The second-order valence-corrected chi connectivity index (χ2v) is 12.2. The molecule has 1 aliphatic carbocycles. The first kappa shape index (κ1) is 23.7. The van der Waals surface area contributed by atoms with Gasteiger partial charge in [0, 0.05) is 12.1 Å². The fourth-order valence-electron chi connectivity index (χ4n) is 3.96. The van der Waals surface area contributed by atoms with Gasteiger partial charge in [0.2, 0.25) is 6.29 Å². The lowest BCUT2D eigenvalue weighted by molar-refractivity contribution is -0.142. The minimum absolute atomic E-state index is 0.160. The molecule has 0 saturated heterocycles. The van der Waals surface area contributed by atoms with Gasteiger partial charge in [-0.2, -0.15) is 0 Å². The van der Waals surface area contributed by atoms with Gasteiger partial charge in [-0.15, -0.1) is 8.58 Å². The summed E-state index contributed by atoms with van der Waals surface area (Å²) in [5, 5.41) is 0. The predicted molar refractivity (Wildman–Crippen MR) is 124 cm³/mol. The summed E-state index contributed by atoms with van der Waals surface area (Å²) in [6.45, 7) is 16.1. The Morgan fingerprint density at radius 2 is 1.46 bits per heavy atom. The Balaban J connectivity index is 2.04. The van der Waals surface area contributed by atoms with Crippen LogP contribution >= 0.6 is 8.58 Å². The number of hydrogen-bond acceptors (Lipinski definition) is 2. The summed E-state index contributed by atoms with van der Waals surface area (Å²) in [5.74, 6) is 0.933. The third kappa shape index (κ3) is 8.83. The van der Waals surface area contributed by atoms with Gasteiger partial charge in [-0.1, -0.05) is 72.9 Å². The van der Waals surface area contributed by atoms with Gasteiger partial charge < -0.3 is 9.47 Å². The van der Waals surface area contributed by atoms with E-state index < -0.39 is 0 Å². The quantitative estimate of drug-likeness (QED) is 0.322. The Morgan fingerprint density at radius 3 is 1.96 bits per heavy atom. The van der Waals surface area contributed by atoms with Gasteiger partial charge in [0.15, 0.2) is 0 Å². The van der Waals surface area contributed by atoms with Crippen LogP contribution in [0, 0.1) is 10.8 Å². The maximum atomic E-state index is 6.42. The molecule has 0 spiro atoms. The van der Waals surface area contributed by atoms with Crippen LogP contribution in [0.1, 0.15) is 97.7 Å². The lowest BCUT2D eigenvalue weighted by atomic mass is 9.88. The molecule has 2 nitrogen and oxygen atoms in total. The lowest BCUT2D eigenvalue weighted by Crippen LogP contribution is -2.32. The van der Waals surface area contributed by atoms with E-state index in [2.05, 4.69) is 72.5 Å². The number of ether oxygens (including phenoxy) is 2. The molecule has 0 aliphatic heterocycles. The molecule has 28 heavy (non-hydrogen) atoms. The topological polar surface area (TPSA) is 18.5 Å². The summed E-state index contributed by atoms with van der Waals surface area (Å²) in [6.07, 6.45) is 8.60. The summed E-state index contributed by atoms with van der Waals surface area (Å²) in [6, 6.07) is 8.81. The fourth-order valence-corrected chi connectivity index (χ4v) is 5.31. The molecule has 0 heterocycles. The Bertz CT molecular complexity index is 562. The number of rotatable bonds is 8. The van der Waals surface area contributed by atoms with Crippen molar-refractivity contribution in [2.45, 2.75) is 105 Å². The van der Waals surface area contributed by atoms with Gasteiger partial charge in [0.05, 0.1) is 6.10 Å². The van der Waals surface area contributed by atoms with Gasteiger partial charge >= 0.3 is 0 Å². The van der Waals surface area contributed by atoms with Crippen LogP contribution in [-0.4, -0.2) is 19.1 Å². The van der Waals surface area contributed by atoms with Crippen LogP contribution in [0.2, 0.25) is 0 Å². The van der Waals surface area contributed by atoms with Crippen molar-refractivity contribution >= 4 is 8.58 Å². The van der Waals surface area contributed by atoms with Crippen molar-refractivity contribution in [2.75, 3.05) is 6.66 Å². The number of hydrogen-bond donors (Lipinski definition) is 0. The predicted octanol–water partition coefficient (Wildman–Crippen LogP) is 7.96. The highest BCUT2D eigenvalue weighted by atomic mass is 31.1. The molecule has 3 atom stereocenters. The molecule has 2 rings (SSSR count). The maximum Gasteiger partial charge on any atom is 0.200 e. The van der Waals surface area contributed by atoms with Gasteiger partial charge in [-0.05, 0) is 54.5 Å². The third-order valence-electron chi connectivity index (χ3n) is 5.39. The highest BCUT2D eigenvalue weighted by molar-refractivity contribution is 7.37. The van der Waals surface area contributed by atoms with Crippen molar-refractivity contribution in [1.29, 1.82) is 0 Å². The third-order valence-corrected chi connectivity index (χ3v) is 6.62. The minimum atomic E-state index is -0.160. The van der Waals surface area contributed by atoms with Gasteiger partial charge in [-0.25, -0.2) is 0 Å². The van der Waals surface area contributed by atoms with Crippen molar-refractivity contribution in [3.63, 3.8) is 0 Å². The van der Waals surface area contributed by atoms with Crippen LogP contribution in [0.25, 0.3) is 0 Å². The van der Waals surface area contributed by atoms with Crippen molar-refractivity contribution in [3.05, 3.63) is 29.8 Å². The van der Waals surface area contributed by atoms with E-state index in [4.69, 9.17) is 9.47 Å². The van der Waals surface area contributed by atoms with E-state index in [9.17, 15) is 0 Å². The Hall–Kier alpha value is -0.590. The van der Waals surface area contributed by atoms with E-state index >= 15 is 0 Å². The second kappa shape index (κ2) is 10.4. The molecule has 160 valence electrons. The van der Waals surface area contributed by atoms with E-state index in [-0.39, 0.29) is 11.7 Å². The normalized spacial score (nSPS) is 19.1. The largest absolute Gasteiger partial charge is 0.465 e. The molecule has 1 saturated carbocycles. The Morgan fingerprint density at radius 1 is 0.893 bits per heavy atom. The van der Waals surface area contributed by atoms with E-state index in [0.29, 0.717) is 17.2 Å². The number of benzene rings is 1. The van der Waals surface area contributed by atoms with Gasteiger partial charge in [-0.3, -0.25) is 0 Å². The first-order valence-corrected chi connectivity index (χ1v) is 12.7. The molecule has 3 heteroatoms. The Kier molecular flexibility index (Phi) is 8.83. The molecule has 1 aromatic rings. The average molecular weight is 407 g/mol. The summed E-state index contributed by atoms with van der Waals surface area (Å²) in [7, 11) is 0.922.